The summed E-state index contributed by atoms with van der Waals surface area (Å²) in [6.45, 7) is 0.486. The van der Waals surface area contributed by atoms with Gasteiger partial charge in [-0.3, -0.25) is 29.4 Å². The fraction of sp³-hybridized carbons (Fsp3) is 0.545. The second-order valence-corrected chi connectivity index (χ2v) is 12.1. The second kappa shape index (κ2) is 7.63. The predicted molar refractivity (Wildman–Crippen MR) is 118 cm³/mol. The van der Waals surface area contributed by atoms with E-state index < -0.39 is 44.3 Å². The number of nitrogens with zero attached hydrogens (tertiary/aromatic N) is 1. The lowest BCUT2D eigenvalue weighted by atomic mass is 9.70. The van der Waals surface area contributed by atoms with Gasteiger partial charge in [0.15, 0.2) is 9.84 Å². The van der Waals surface area contributed by atoms with Gasteiger partial charge in [-0.25, -0.2) is 8.42 Å². The molecule has 2 saturated heterocycles. The van der Waals surface area contributed by atoms with E-state index >= 15 is 0 Å². The van der Waals surface area contributed by atoms with Crippen molar-refractivity contribution in [3.63, 3.8) is 0 Å². The molecule has 176 valence electrons. The number of nitrogens with one attached hydrogen (secondary N) is 2. The lowest BCUT2D eigenvalue weighted by molar-refractivity contribution is -0.136. The average molecular weight is 475 g/mol. The molecule has 33 heavy (non-hydrogen) atoms. The molecule has 11 heteroatoms. The van der Waals surface area contributed by atoms with Gasteiger partial charge in [0.05, 0.1) is 21.6 Å². The Labute approximate surface area is 191 Å². The summed E-state index contributed by atoms with van der Waals surface area (Å²) in [4.78, 5) is 50.4. The lowest BCUT2D eigenvalue weighted by Crippen LogP contribution is -2.58. The molecule has 4 amide bonds. The van der Waals surface area contributed by atoms with Gasteiger partial charge in [0.2, 0.25) is 11.8 Å². The first-order chi connectivity index (χ1) is 15.6. The quantitative estimate of drug-likeness (QED) is 0.522. The first-order valence-electron chi connectivity index (χ1n) is 11.2. The van der Waals surface area contributed by atoms with Gasteiger partial charge in [-0.1, -0.05) is 0 Å². The van der Waals surface area contributed by atoms with E-state index in [0.717, 1.165) is 4.90 Å². The van der Waals surface area contributed by atoms with E-state index in [4.69, 9.17) is 5.73 Å². The monoisotopic (exact) mass is 474 g/mol. The molecule has 1 aromatic carbocycles. The highest BCUT2D eigenvalue weighted by Crippen LogP contribution is 2.50. The van der Waals surface area contributed by atoms with Crippen molar-refractivity contribution < 1.29 is 27.6 Å². The predicted octanol–water partition coefficient (Wildman–Crippen LogP) is 0.184. The van der Waals surface area contributed by atoms with Crippen molar-refractivity contribution in [2.24, 2.45) is 11.7 Å². The van der Waals surface area contributed by atoms with Crippen LogP contribution in [0, 0.1) is 5.92 Å². The fourth-order valence-corrected chi connectivity index (χ4v) is 8.15. The molecule has 0 radical (unpaired) electrons. The maximum atomic E-state index is 13.0. The van der Waals surface area contributed by atoms with Crippen molar-refractivity contribution >= 4 is 39.2 Å². The Hall–Kier alpha value is -2.79. The molecule has 1 aromatic rings. The second-order valence-electron chi connectivity index (χ2n) is 9.55. The summed E-state index contributed by atoms with van der Waals surface area (Å²) in [6, 6.07) is 3.73. The van der Waals surface area contributed by atoms with Gasteiger partial charge < -0.3 is 11.1 Å². The largest absolute Gasteiger partial charge is 0.382 e. The topological polar surface area (TPSA) is 156 Å². The van der Waals surface area contributed by atoms with Crippen molar-refractivity contribution in [2.75, 3.05) is 17.6 Å². The van der Waals surface area contributed by atoms with Gasteiger partial charge in [-0.15, -0.1) is 0 Å². The van der Waals surface area contributed by atoms with Gasteiger partial charge in [0.25, 0.3) is 11.8 Å². The van der Waals surface area contributed by atoms with Gasteiger partial charge in [0, 0.05) is 18.2 Å². The van der Waals surface area contributed by atoms with Gasteiger partial charge in [-0.05, 0) is 62.8 Å². The summed E-state index contributed by atoms with van der Waals surface area (Å²) in [5.74, 6) is -1.85. The maximum Gasteiger partial charge on any atom is 0.262 e. The molecule has 10 nitrogen and oxygen atoms in total. The minimum Gasteiger partial charge on any atom is -0.382 e. The van der Waals surface area contributed by atoms with Gasteiger partial charge in [-0.2, -0.15) is 0 Å². The fourth-order valence-electron chi connectivity index (χ4n) is 5.69. The molecule has 5 rings (SSSR count). The van der Waals surface area contributed by atoms with Crippen molar-refractivity contribution in [2.45, 2.75) is 55.4 Å². The number of benzene rings is 1. The molecule has 4 N–H and O–H groups in total. The van der Waals surface area contributed by atoms with Crippen LogP contribution in [0.4, 0.5) is 5.69 Å². The molecule has 1 saturated carbocycles. The molecule has 1 aliphatic carbocycles. The number of anilines is 1. The Morgan fingerprint density at radius 1 is 1.06 bits per heavy atom. The van der Waals surface area contributed by atoms with Crippen LogP contribution < -0.4 is 16.4 Å². The van der Waals surface area contributed by atoms with Crippen LogP contribution in [0.5, 0.6) is 0 Å². The Morgan fingerprint density at radius 2 is 1.79 bits per heavy atom. The van der Waals surface area contributed by atoms with Crippen molar-refractivity contribution in [3.05, 3.63) is 29.3 Å². The summed E-state index contributed by atoms with van der Waals surface area (Å²) in [5, 5.41) is 5.53. The van der Waals surface area contributed by atoms with E-state index in [1.807, 2.05) is 0 Å². The zero-order valence-corrected chi connectivity index (χ0v) is 18.8. The Kier molecular flexibility index (Phi) is 5.09. The van der Waals surface area contributed by atoms with E-state index in [1.165, 1.54) is 0 Å². The SMILES string of the molecule is NCC1CC2(C1)CC(Nc1ccc3c(c1)C(=O)N(C1CCC(=O)NC1=O)C3=O)CCS2(=O)=O. The summed E-state index contributed by atoms with van der Waals surface area (Å²) in [6.07, 6.45) is 2.28. The lowest BCUT2D eigenvalue weighted by Gasteiger charge is -2.50. The molecule has 1 spiro atoms. The third kappa shape index (κ3) is 3.45. The number of hydrogen-bond acceptors (Lipinski definition) is 8. The molecule has 3 heterocycles. The van der Waals surface area contributed by atoms with Crippen molar-refractivity contribution in [1.29, 1.82) is 0 Å². The van der Waals surface area contributed by atoms with E-state index in [9.17, 15) is 27.6 Å². The number of sulfone groups is 1. The van der Waals surface area contributed by atoms with Crippen LogP contribution in [0.25, 0.3) is 0 Å². The molecule has 3 fully saturated rings. The standard InChI is InChI=1S/C22H26N4O6S/c23-11-12-8-22(9-12)10-14(5-6-33(22,31)32)24-13-1-2-15-16(7-13)21(30)26(20(15)29)17-3-4-18(27)25-19(17)28/h1-2,7,12,14,17,24H,3-6,8-11,23H2,(H,25,27,28). The minimum absolute atomic E-state index is 0.0635. The molecule has 2 atom stereocenters. The van der Waals surface area contributed by atoms with Crippen LogP contribution in [0.1, 0.15) is 59.2 Å². The number of carbonyl (C=O) groups excluding carboxylic acids is 4. The van der Waals surface area contributed by atoms with Gasteiger partial charge >= 0.3 is 0 Å². The highest BCUT2D eigenvalue weighted by Gasteiger charge is 2.56. The molecular formula is C22H26N4O6S. The molecular weight excluding hydrogens is 448 g/mol. The Morgan fingerprint density at radius 3 is 2.48 bits per heavy atom. The number of hydrogen-bond donors (Lipinski definition) is 3. The number of piperidine rings is 1. The first kappa shape index (κ1) is 22.0. The molecule has 0 aromatic heterocycles. The van der Waals surface area contributed by atoms with Crippen LogP contribution in [-0.2, 0) is 19.4 Å². The average Bonchev–Trinajstić information content (AvgIpc) is 2.98. The Balaban J connectivity index is 1.33. The summed E-state index contributed by atoms with van der Waals surface area (Å²) < 4.78 is 24.7. The van der Waals surface area contributed by atoms with E-state index in [0.29, 0.717) is 37.9 Å². The molecule has 3 aliphatic heterocycles. The van der Waals surface area contributed by atoms with Crippen LogP contribution in [0.15, 0.2) is 18.2 Å². The smallest absolute Gasteiger partial charge is 0.262 e. The number of carbonyl (C=O) groups is 4. The summed E-state index contributed by atoms with van der Waals surface area (Å²) >= 11 is 0. The number of rotatable bonds is 4. The van der Waals surface area contributed by atoms with E-state index in [1.54, 1.807) is 18.2 Å². The molecule has 2 unspecified atom stereocenters. The summed E-state index contributed by atoms with van der Waals surface area (Å²) in [7, 11) is -3.17. The number of amides is 4. The van der Waals surface area contributed by atoms with E-state index in [-0.39, 0.29) is 41.7 Å². The van der Waals surface area contributed by atoms with Gasteiger partial charge in [0.1, 0.15) is 6.04 Å². The zero-order valence-electron chi connectivity index (χ0n) is 18.0. The molecule has 0 bridgehead atoms. The summed E-state index contributed by atoms with van der Waals surface area (Å²) in [5.41, 5.74) is 6.74. The van der Waals surface area contributed by atoms with Crippen molar-refractivity contribution in [1.82, 2.24) is 10.2 Å². The van der Waals surface area contributed by atoms with Crippen LogP contribution >= 0.6 is 0 Å². The van der Waals surface area contributed by atoms with E-state index in [2.05, 4.69) is 10.6 Å². The Bertz CT molecular complexity index is 1170. The van der Waals surface area contributed by atoms with Crippen LogP contribution in [0.2, 0.25) is 0 Å². The van der Waals surface area contributed by atoms with Crippen LogP contribution in [-0.4, -0.2) is 66.1 Å². The highest BCUT2D eigenvalue weighted by molar-refractivity contribution is 7.92. The van der Waals surface area contributed by atoms with Crippen molar-refractivity contribution in [3.8, 4) is 0 Å². The third-order valence-electron chi connectivity index (χ3n) is 7.48. The normalized spacial score (nSPS) is 33.0. The zero-order chi connectivity index (χ0) is 23.5. The highest BCUT2D eigenvalue weighted by atomic mass is 32.2. The first-order valence-corrected chi connectivity index (χ1v) is 12.8. The minimum atomic E-state index is -3.17. The maximum absolute atomic E-state index is 13.0. The third-order valence-corrected chi connectivity index (χ3v) is 10.1. The van der Waals surface area contributed by atoms with Crippen LogP contribution in [0.3, 0.4) is 0 Å². The number of nitrogens with two attached hydrogens (primary N) is 1. The number of fused-ring (bicyclic) bond motifs is 1. The number of imide groups is 2. The molecule has 4 aliphatic rings.